The molecule has 0 aliphatic carbocycles. The van der Waals surface area contributed by atoms with E-state index in [1.165, 1.54) is 19.2 Å². The van der Waals surface area contributed by atoms with E-state index in [2.05, 4.69) is 20.7 Å². The van der Waals surface area contributed by atoms with Crippen molar-refractivity contribution in [3.8, 4) is 0 Å². The zero-order valence-corrected chi connectivity index (χ0v) is 11.1. The minimum absolute atomic E-state index is 0.00824. The number of aryl methyl sites for hydroxylation is 1. The maximum atomic E-state index is 11.2. The number of nitro groups is 1. The Kier molecular flexibility index (Phi) is 4.62. The number of nitro benzene ring substituents is 1. The van der Waals surface area contributed by atoms with E-state index < -0.39 is 10.9 Å². The molecule has 0 bridgehead atoms. The van der Waals surface area contributed by atoms with Crippen LogP contribution in [0.2, 0.25) is 0 Å². The van der Waals surface area contributed by atoms with Crippen LogP contribution in [0.25, 0.3) is 0 Å². The van der Waals surface area contributed by atoms with Gasteiger partial charge in [0.05, 0.1) is 18.5 Å². The van der Waals surface area contributed by atoms with Crippen molar-refractivity contribution in [2.24, 2.45) is 0 Å². The number of methoxy groups -OCH3 is 1. The molecule has 1 rings (SSSR count). The van der Waals surface area contributed by atoms with Gasteiger partial charge in [-0.25, -0.2) is 0 Å². The highest BCUT2D eigenvalue weighted by molar-refractivity contribution is 9.08. The fourth-order valence-corrected chi connectivity index (χ4v) is 2.35. The lowest BCUT2D eigenvalue weighted by Crippen LogP contribution is -2.08. The first-order chi connectivity index (χ1) is 7.99. The summed E-state index contributed by atoms with van der Waals surface area (Å²) < 4.78 is 4.57. The number of ether oxygens (including phenoxy) is 1. The van der Waals surface area contributed by atoms with Crippen molar-refractivity contribution < 1.29 is 14.5 Å². The van der Waals surface area contributed by atoms with Gasteiger partial charge in [0, 0.05) is 17.5 Å². The van der Waals surface area contributed by atoms with Crippen molar-refractivity contribution in [2.75, 3.05) is 7.11 Å². The third kappa shape index (κ3) is 3.26. The van der Waals surface area contributed by atoms with E-state index >= 15 is 0 Å². The Hall–Kier alpha value is -1.43. The van der Waals surface area contributed by atoms with Crippen LogP contribution in [-0.2, 0) is 21.3 Å². The number of non-ortho nitro benzene ring substituents is 1. The number of nitrogens with zero attached hydrogens (tertiary/aromatic N) is 1. The third-order valence-electron chi connectivity index (χ3n) is 2.46. The molecule has 0 spiro atoms. The predicted octanol–water partition coefficient (Wildman–Crippen LogP) is 2.51. The standard InChI is InChI=1S/C11H12BrNO4/c1-7-3-9(13(15)16)4-8(10(7)6-12)5-11(14)17-2/h3-4H,5-6H2,1-2H3. The van der Waals surface area contributed by atoms with Crippen molar-refractivity contribution in [3.63, 3.8) is 0 Å². The maximum absolute atomic E-state index is 11.2. The maximum Gasteiger partial charge on any atom is 0.309 e. The summed E-state index contributed by atoms with van der Waals surface area (Å²) >= 11 is 3.31. The highest BCUT2D eigenvalue weighted by atomic mass is 79.9. The molecule has 0 heterocycles. The Morgan fingerprint density at radius 1 is 1.53 bits per heavy atom. The predicted molar refractivity (Wildman–Crippen MR) is 66.2 cm³/mol. The number of hydrogen-bond donors (Lipinski definition) is 0. The van der Waals surface area contributed by atoms with Gasteiger partial charge in [-0.05, 0) is 23.6 Å². The Morgan fingerprint density at radius 3 is 2.65 bits per heavy atom. The van der Waals surface area contributed by atoms with Gasteiger partial charge in [0.15, 0.2) is 0 Å². The SMILES string of the molecule is COC(=O)Cc1cc([N+](=O)[O-])cc(C)c1CBr. The second-order valence-electron chi connectivity index (χ2n) is 3.54. The number of esters is 1. The molecule has 0 saturated carbocycles. The van der Waals surface area contributed by atoms with Gasteiger partial charge in [-0.15, -0.1) is 0 Å². The lowest BCUT2D eigenvalue weighted by molar-refractivity contribution is -0.385. The van der Waals surface area contributed by atoms with E-state index in [0.717, 1.165) is 11.1 Å². The minimum Gasteiger partial charge on any atom is -0.469 e. The molecular weight excluding hydrogens is 290 g/mol. The summed E-state index contributed by atoms with van der Waals surface area (Å²) in [7, 11) is 1.29. The number of benzene rings is 1. The number of hydrogen-bond acceptors (Lipinski definition) is 4. The highest BCUT2D eigenvalue weighted by Crippen LogP contribution is 2.24. The van der Waals surface area contributed by atoms with Crippen molar-refractivity contribution >= 4 is 27.6 Å². The molecule has 0 saturated heterocycles. The Morgan fingerprint density at radius 2 is 2.18 bits per heavy atom. The lowest BCUT2D eigenvalue weighted by Gasteiger charge is -2.09. The zero-order valence-electron chi connectivity index (χ0n) is 9.53. The van der Waals surface area contributed by atoms with Crippen LogP contribution in [-0.4, -0.2) is 18.0 Å². The molecule has 0 fully saturated rings. The van der Waals surface area contributed by atoms with Crippen LogP contribution in [0.15, 0.2) is 12.1 Å². The highest BCUT2D eigenvalue weighted by Gasteiger charge is 2.16. The first-order valence-electron chi connectivity index (χ1n) is 4.89. The van der Waals surface area contributed by atoms with Crippen LogP contribution in [0.5, 0.6) is 0 Å². The summed E-state index contributed by atoms with van der Waals surface area (Å²) in [6, 6.07) is 2.91. The van der Waals surface area contributed by atoms with Gasteiger partial charge < -0.3 is 4.74 Å². The Labute approximate surface area is 107 Å². The first kappa shape index (κ1) is 13.6. The monoisotopic (exact) mass is 301 g/mol. The van der Waals surface area contributed by atoms with E-state index in [-0.39, 0.29) is 12.1 Å². The molecule has 1 aromatic rings. The van der Waals surface area contributed by atoms with E-state index in [0.29, 0.717) is 10.9 Å². The lowest BCUT2D eigenvalue weighted by atomic mass is 10.00. The minimum atomic E-state index is -0.466. The molecule has 0 aliphatic rings. The topological polar surface area (TPSA) is 69.4 Å². The van der Waals surface area contributed by atoms with Crippen LogP contribution in [0, 0.1) is 17.0 Å². The quantitative estimate of drug-likeness (QED) is 0.371. The van der Waals surface area contributed by atoms with Gasteiger partial charge in [-0.3, -0.25) is 14.9 Å². The van der Waals surface area contributed by atoms with Crippen LogP contribution in [0.3, 0.4) is 0 Å². The Bertz CT molecular complexity index is 459. The van der Waals surface area contributed by atoms with Crippen LogP contribution in [0.1, 0.15) is 16.7 Å². The van der Waals surface area contributed by atoms with Gasteiger partial charge in [0.25, 0.3) is 5.69 Å². The fraction of sp³-hybridized carbons (Fsp3) is 0.364. The Balaban J connectivity index is 3.23. The molecule has 0 unspecified atom stereocenters. The number of halogens is 1. The molecule has 0 aromatic heterocycles. The van der Waals surface area contributed by atoms with E-state index in [4.69, 9.17) is 0 Å². The second-order valence-corrected chi connectivity index (χ2v) is 4.10. The molecule has 0 aliphatic heterocycles. The van der Waals surface area contributed by atoms with Crippen molar-refractivity contribution in [1.29, 1.82) is 0 Å². The van der Waals surface area contributed by atoms with Gasteiger partial charge in [0.2, 0.25) is 0 Å². The van der Waals surface area contributed by atoms with Crippen LogP contribution < -0.4 is 0 Å². The zero-order chi connectivity index (χ0) is 13.0. The molecule has 92 valence electrons. The molecule has 5 nitrogen and oxygen atoms in total. The van der Waals surface area contributed by atoms with Crippen molar-refractivity contribution in [1.82, 2.24) is 0 Å². The molecule has 0 atom stereocenters. The smallest absolute Gasteiger partial charge is 0.309 e. The summed E-state index contributed by atoms with van der Waals surface area (Å²) in [5.41, 5.74) is 2.29. The van der Waals surface area contributed by atoms with Crippen LogP contribution in [0.4, 0.5) is 5.69 Å². The molecule has 17 heavy (non-hydrogen) atoms. The number of carbonyl (C=O) groups excluding carboxylic acids is 1. The van der Waals surface area contributed by atoms with Crippen molar-refractivity contribution in [3.05, 3.63) is 38.9 Å². The molecule has 1 aromatic carbocycles. The molecule has 0 N–H and O–H groups in total. The largest absolute Gasteiger partial charge is 0.469 e. The van der Waals surface area contributed by atoms with Gasteiger partial charge >= 0.3 is 5.97 Å². The average Bonchev–Trinajstić information content (AvgIpc) is 2.28. The summed E-state index contributed by atoms with van der Waals surface area (Å²) in [4.78, 5) is 21.5. The normalized spacial score (nSPS) is 10.1. The third-order valence-corrected chi connectivity index (χ3v) is 3.02. The van der Waals surface area contributed by atoms with Crippen LogP contribution >= 0.6 is 15.9 Å². The van der Waals surface area contributed by atoms with E-state index in [1.54, 1.807) is 6.92 Å². The average molecular weight is 302 g/mol. The van der Waals surface area contributed by atoms with E-state index in [9.17, 15) is 14.9 Å². The summed E-state index contributed by atoms with van der Waals surface area (Å²) in [5, 5.41) is 11.3. The fourth-order valence-electron chi connectivity index (χ4n) is 1.55. The van der Waals surface area contributed by atoms with Crippen molar-refractivity contribution in [2.45, 2.75) is 18.7 Å². The summed E-state index contributed by atoms with van der Waals surface area (Å²) in [5.74, 6) is -0.410. The molecule has 6 heteroatoms. The summed E-state index contributed by atoms with van der Waals surface area (Å²) in [6.07, 6.45) is 0.0416. The van der Waals surface area contributed by atoms with Gasteiger partial charge in [-0.2, -0.15) is 0 Å². The number of rotatable bonds is 4. The molecule has 0 radical (unpaired) electrons. The number of carbonyl (C=O) groups is 1. The van der Waals surface area contributed by atoms with E-state index in [1.807, 2.05) is 0 Å². The second kappa shape index (κ2) is 5.77. The summed E-state index contributed by atoms with van der Waals surface area (Å²) in [6.45, 7) is 1.78. The molecule has 0 amide bonds. The number of alkyl halides is 1. The first-order valence-corrected chi connectivity index (χ1v) is 6.01. The van der Waals surface area contributed by atoms with Gasteiger partial charge in [-0.1, -0.05) is 15.9 Å². The molecular formula is C11H12BrNO4. The van der Waals surface area contributed by atoms with Gasteiger partial charge in [0.1, 0.15) is 0 Å².